The van der Waals surface area contributed by atoms with Gasteiger partial charge in [-0.05, 0) is 38.5 Å². The lowest BCUT2D eigenvalue weighted by molar-refractivity contribution is -0.117. The van der Waals surface area contributed by atoms with Crippen LogP contribution in [0.15, 0.2) is 42.5 Å². The number of para-hydroxylation sites is 2. The lowest BCUT2D eigenvalue weighted by Gasteiger charge is -2.33. The summed E-state index contributed by atoms with van der Waals surface area (Å²) < 4.78 is 0. The Morgan fingerprint density at radius 2 is 1.79 bits per heavy atom. The van der Waals surface area contributed by atoms with Crippen molar-refractivity contribution >= 4 is 34.5 Å². The molecule has 5 nitrogen and oxygen atoms in total. The Hall–Kier alpha value is -2.99. The minimum atomic E-state index is -0.181. The minimum absolute atomic E-state index is 0.0303. The highest BCUT2D eigenvalue weighted by molar-refractivity contribution is 7.17. The molecule has 0 aliphatic carbocycles. The van der Waals surface area contributed by atoms with Crippen LogP contribution in [0.25, 0.3) is 10.6 Å². The fourth-order valence-corrected chi connectivity index (χ4v) is 4.61. The van der Waals surface area contributed by atoms with Crippen molar-refractivity contribution in [2.75, 3.05) is 23.4 Å². The SMILES string of the molecule is Cc1ccc(-c2nc(C)c(C(=O)N3CC(=O)N(C)c4ccccc43)s2)c(C)c1. The van der Waals surface area contributed by atoms with Crippen molar-refractivity contribution in [1.29, 1.82) is 0 Å². The summed E-state index contributed by atoms with van der Waals surface area (Å²) >= 11 is 1.38. The molecule has 0 saturated heterocycles. The summed E-state index contributed by atoms with van der Waals surface area (Å²) in [6, 6.07) is 13.7. The summed E-state index contributed by atoms with van der Waals surface area (Å²) in [5.74, 6) is -0.288. The molecule has 1 aromatic heterocycles. The Kier molecular flexibility index (Phi) is 4.51. The summed E-state index contributed by atoms with van der Waals surface area (Å²) in [4.78, 5) is 34.1. The van der Waals surface area contributed by atoms with Crippen molar-refractivity contribution in [3.8, 4) is 10.6 Å². The average molecular weight is 391 g/mol. The van der Waals surface area contributed by atoms with E-state index < -0.39 is 0 Å². The van der Waals surface area contributed by atoms with Gasteiger partial charge in [0.25, 0.3) is 5.91 Å². The second-order valence-corrected chi connectivity index (χ2v) is 8.08. The van der Waals surface area contributed by atoms with Crippen LogP contribution in [0.3, 0.4) is 0 Å². The zero-order valence-electron chi connectivity index (χ0n) is 16.3. The molecule has 4 rings (SSSR count). The van der Waals surface area contributed by atoms with Gasteiger partial charge in [0.1, 0.15) is 16.4 Å². The first-order chi connectivity index (χ1) is 13.4. The third-order valence-corrected chi connectivity index (χ3v) is 6.23. The molecule has 0 radical (unpaired) electrons. The standard InChI is InChI=1S/C22H21N3O2S/c1-13-9-10-16(14(2)11-13)21-23-15(3)20(28-21)22(27)25-12-19(26)24(4)17-7-5-6-8-18(17)25/h5-11H,12H2,1-4H3. The van der Waals surface area contributed by atoms with E-state index >= 15 is 0 Å². The van der Waals surface area contributed by atoms with Gasteiger partial charge in [-0.2, -0.15) is 0 Å². The highest BCUT2D eigenvalue weighted by atomic mass is 32.1. The predicted molar refractivity (Wildman–Crippen MR) is 113 cm³/mol. The molecule has 1 aliphatic heterocycles. The van der Waals surface area contributed by atoms with Crippen LogP contribution in [0.4, 0.5) is 11.4 Å². The molecule has 0 N–H and O–H groups in total. The number of carbonyl (C=O) groups is 2. The van der Waals surface area contributed by atoms with Gasteiger partial charge >= 0.3 is 0 Å². The van der Waals surface area contributed by atoms with E-state index in [2.05, 4.69) is 31.0 Å². The number of thiazole rings is 1. The normalized spacial score (nSPS) is 13.6. The summed E-state index contributed by atoms with van der Waals surface area (Å²) in [6.45, 7) is 5.99. The Morgan fingerprint density at radius 1 is 1.07 bits per heavy atom. The highest BCUT2D eigenvalue weighted by Crippen LogP contribution is 2.36. The van der Waals surface area contributed by atoms with E-state index in [9.17, 15) is 9.59 Å². The maximum absolute atomic E-state index is 13.3. The first-order valence-corrected chi connectivity index (χ1v) is 9.91. The number of carbonyl (C=O) groups excluding carboxylic acids is 2. The van der Waals surface area contributed by atoms with Gasteiger partial charge in [-0.15, -0.1) is 11.3 Å². The zero-order valence-corrected chi connectivity index (χ0v) is 17.1. The van der Waals surface area contributed by atoms with Crippen LogP contribution in [0.2, 0.25) is 0 Å². The summed E-state index contributed by atoms with van der Waals surface area (Å²) in [5.41, 5.74) is 5.53. The molecule has 28 heavy (non-hydrogen) atoms. The quantitative estimate of drug-likeness (QED) is 0.652. The third-order valence-electron chi connectivity index (χ3n) is 5.05. The molecule has 0 fully saturated rings. The van der Waals surface area contributed by atoms with Crippen LogP contribution < -0.4 is 9.80 Å². The van der Waals surface area contributed by atoms with Crippen molar-refractivity contribution in [2.45, 2.75) is 20.8 Å². The molecule has 6 heteroatoms. The van der Waals surface area contributed by atoms with Gasteiger partial charge < -0.3 is 4.90 Å². The first kappa shape index (κ1) is 18.4. The van der Waals surface area contributed by atoms with Crippen LogP contribution in [0.5, 0.6) is 0 Å². The van der Waals surface area contributed by atoms with Crippen LogP contribution in [-0.2, 0) is 4.79 Å². The van der Waals surface area contributed by atoms with Crippen molar-refractivity contribution in [2.24, 2.45) is 0 Å². The van der Waals surface area contributed by atoms with Crippen LogP contribution in [-0.4, -0.2) is 30.4 Å². The smallest absolute Gasteiger partial charge is 0.270 e. The fourth-order valence-electron chi connectivity index (χ4n) is 3.50. The molecular weight excluding hydrogens is 370 g/mol. The lowest BCUT2D eigenvalue weighted by Crippen LogP contribution is -2.46. The number of hydrogen-bond donors (Lipinski definition) is 0. The fraction of sp³-hybridized carbons (Fsp3) is 0.227. The topological polar surface area (TPSA) is 53.5 Å². The number of likely N-dealkylation sites (N-methyl/N-ethyl adjacent to an activating group) is 1. The summed E-state index contributed by atoms with van der Waals surface area (Å²) in [6.07, 6.45) is 0. The maximum atomic E-state index is 13.3. The van der Waals surface area contributed by atoms with E-state index in [-0.39, 0.29) is 18.4 Å². The highest BCUT2D eigenvalue weighted by Gasteiger charge is 2.32. The zero-order chi connectivity index (χ0) is 20.0. The predicted octanol–water partition coefficient (Wildman–Crippen LogP) is 4.36. The Morgan fingerprint density at radius 3 is 2.50 bits per heavy atom. The number of nitrogens with zero attached hydrogens (tertiary/aromatic N) is 3. The molecule has 0 bridgehead atoms. The number of anilines is 2. The van der Waals surface area contributed by atoms with Gasteiger partial charge in [0.05, 0.1) is 17.1 Å². The van der Waals surface area contributed by atoms with Gasteiger partial charge in [0.2, 0.25) is 5.91 Å². The minimum Gasteiger partial charge on any atom is -0.312 e. The van der Waals surface area contributed by atoms with Gasteiger partial charge in [-0.1, -0.05) is 35.9 Å². The van der Waals surface area contributed by atoms with Crippen molar-refractivity contribution < 1.29 is 9.59 Å². The molecule has 2 heterocycles. The second-order valence-electron chi connectivity index (χ2n) is 7.08. The molecule has 0 saturated carbocycles. The average Bonchev–Trinajstić information content (AvgIpc) is 3.05. The molecule has 2 amide bonds. The van der Waals surface area contributed by atoms with Crippen molar-refractivity contribution in [3.05, 3.63) is 64.2 Å². The van der Waals surface area contributed by atoms with E-state index in [4.69, 9.17) is 0 Å². The number of aryl methyl sites for hydroxylation is 3. The second kappa shape index (κ2) is 6.87. The van der Waals surface area contributed by atoms with Gasteiger partial charge in [-0.3, -0.25) is 14.5 Å². The Balaban J connectivity index is 1.74. The largest absolute Gasteiger partial charge is 0.312 e. The molecule has 142 valence electrons. The van der Waals surface area contributed by atoms with Gasteiger partial charge in [0, 0.05) is 12.6 Å². The molecule has 2 aromatic carbocycles. The van der Waals surface area contributed by atoms with E-state index in [1.54, 1.807) is 16.8 Å². The van der Waals surface area contributed by atoms with Gasteiger partial charge in [0.15, 0.2) is 0 Å². The molecule has 0 unspecified atom stereocenters. The number of fused-ring (bicyclic) bond motifs is 1. The number of benzene rings is 2. The molecule has 1 aliphatic rings. The molecular formula is C22H21N3O2S. The Bertz CT molecular complexity index is 1100. The summed E-state index contributed by atoms with van der Waals surface area (Å²) in [5, 5.41) is 0.826. The molecule has 0 atom stereocenters. The summed E-state index contributed by atoms with van der Waals surface area (Å²) in [7, 11) is 1.74. The number of aromatic nitrogens is 1. The van der Waals surface area contributed by atoms with Crippen LogP contribution in [0.1, 0.15) is 26.5 Å². The number of amides is 2. The maximum Gasteiger partial charge on any atom is 0.270 e. The van der Waals surface area contributed by atoms with Crippen molar-refractivity contribution in [3.63, 3.8) is 0 Å². The van der Waals surface area contributed by atoms with E-state index in [1.807, 2.05) is 37.3 Å². The Labute approximate surface area is 168 Å². The first-order valence-electron chi connectivity index (χ1n) is 9.09. The van der Waals surface area contributed by atoms with Crippen molar-refractivity contribution in [1.82, 2.24) is 4.98 Å². The van der Waals surface area contributed by atoms with E-state index in [0.29, 0.717) is 10.6 Å². The van der Waals surface area contributed by atoms with E-state index in [0.717, 1.165) is 27.5 Å². The van der Waals surface area contributed by atoms with Gasteiger partial charge in [-0.25, -0.2) is 4.98 Å². The number of rotatable bonds is 2. The van der Waals surface area contributed by atoms with E-state index in [1.165, 1.54) is 16.9 Å². The molecule has 3 aromatic rings. The monoisotopic (exact) mass is 391 g/mol. The molecule has 0 spiro atoms. The van der Waals surface area contributed by atoms with Crippen LogP contribution in [0, 0.1) is 20.8 Å². The third kappa shape index (κ3) is 2.99. The number of hydrogen-bond acceptors (Lipinski definition) is 4. The lowest BCUT2D eigenvalue weighted by atomic mass is 10.1. The van der Waals surface area contributed by atoms with Crippen LogP contribution >= 0.6 is 11.3 Å².